The minimum atomic E-state index is -3.65. The lowest BCUT2D eigenvalue weighted by Gasteiger charge is -2.13. The van der Waals surface area contributed by atoms with Gasteiger partial charge in [0.2, 0.25) is 10.0 Å². The van der Waals surface area contributed by atoms with E-state index in [0.717, 1.165) is 35.4 Å². The molecule has 3 aromatic carbocycles. The van der Waals surface area contributed by atoms with Gasteiger partial charge in [0, 0.05) is 22.7 Å². The number of primary sulfonamides is 1. The van der Waals surface area contributed by atoms with Crippen LogP contribution in [-0.4, -0.2) is 15.0 Å². The van der Waals surface area contributed by atoms with Crippen molar-refractivity contribution in [2.24, 2.45) is 5.14 Å². The van der Waals surface area contributed by atoms with Gasteiger partial charge in [0.05, 0.1) is 4.90 Å². The zero-order valence-corrected chi connectivity index (χ0v) is 18.6. The summed E-state index contributed by atoms with van der Waals surface area (Å²) in [6.07, 6.45) is 0.771. The van der Waals surface area contributed by atoms with Crippen LogP contribution in [0.4, 0.5) is 0 Å². The van der Waals surface area contributed by atoms with Crippen molar-refractivity contribution in [3.63, 3.8) is 0 Å². The van der Waals surface area contributed by atoms with Gasteiger partial charge in [-0.3, -0.25) is 0 Å². The Hall–Kier alpha value is -2.09. The first-order chi connectivity index (χ1) is 13.9. The highest BCUT2D eigenvalue weighted by Gasteiger charge is 2.07. The molecule has 0 saturated heterocycles. The van der Waals surface area contributed by atoms with E-state index >= 15 is 0 Å². The van der Waals surface area contributed by atoms with Gasteiger partial charge in [0.25, 0.3) is 0 Å². The van der Waals surface area contributed by atoms with Crippen LogP contribution in [0, 0.1) is 0 Å². The molecule has 3 N–H and O–H groups in total. The van der Waals surface area contributed by atoms with E-state index in [0.29, 0.717) is 18.2 Å². The Balaban J connectivity index is 0.00000320. The van der Waals surface area contributed by atoms with Gasteiger partial charge in [-0.2, -0.15) is 0 Å². The fourth-order valence-corrected chi connectivity index (χ4v) is 3.57. The molecule has 0 aliphatic rings. The van der Waals surface area contributed by atoms with Crippen LogP contribution in [0.25, 0.3) is 0 Å². The van der Waals surface area contributed by atoms with Gasteiger partial charge in [-0.25, -0.2) is 13.6 Å². The average molecular weight is 467 g/mol. The second-order valence-corrected chi connectivity index (χ2v) is 8.57. The topological polar surface area (TPSA) is 81.4 Å². The van der Waals surface area contributed by atoms with E-state index in [9.17, 15) is 8.42 Å². The first-order valence-electron chi connectivity index (χ1n) is 9.20. The molecular formula is C22H24Cl2N2O3S. The summed E-state index contributed by atoms with van der Waals surface area (Å²) < 4.78 is 28.6. The molecule has 0 aromatic heterocycles. The number of nitrogens with one attached hydrogen (secondary N) is 1. The van der Waals surface area contributed by atoms with Crippen LogP contribution in [0.15, 0.2) is 77.7 Å². The zero-order chi connectivity index (χ0) is 20.7. The molecule has 0 heterocycles. The van der Waals surface area contributed by atoms with E-state index in [1.807, 2.05) is 48.5 Å². The lowest BCUT2D eigenvalue weighted by Crippen LogP contribution is -2.17. The molecule has 3 rings (SSSR count). The molecular weight excluding hydrogens is 443 g/mol. The number of para-hydroxylation sites is 1. The SMILES string of the molecule is Cl.NS(=O)(=O)c1ccc(CCNCc2ccccc2OCc2ccccc2Cl)cc1. The highest BCUT2D eigenvalue weighted by Crippen LogP contribution is 2.22. The van der Waals surface area contributed by atoms with Crippen molar-refractivity contribution >= 4 is 34.0 Å². The van der Waals surface area contributed by atoms with Crippen LogP contribution in [0.2, 0.25) is 5.02 Å². The van der Waals surface area contributed by atoms with Crippen molar-refractivity contribution in [1.29, 1.82) is 0 Å². The van der Waals surface area contributed by atoms with Crippen molar-refractivity contribution in [3.05, 3.63) is 94.5 Å². The predicted molar refractivity (Wildman–Crippen MR) is 123 cm³/mol. The molecule has 0 bridgehead atoms. The van der Waals surface area contributed by atoms with E-state index in [1.165, 1.54) is 12.1 Å². The van der Waals surface area contributed by atoms with E-state index in [2.05, 4.69) is 5.32 Å². The van der Waals surface area contributed by atoms with E-state index in [-0.39, 0.29) is 17.3 Å². The third-order valence-corrected chi connectivity index (χ3v) is 5.77. The Kier molecular flexibility index (Phi) is 9.14. The summed E-state index contributed by atoms with van der Waals surface area (Å²) in [4.78, 5) is 0.124. The van der Waals surface area contributed by atoms with E-state index in [4.69, 9.17) is 21.5 Å². The molecule has 0 aliphatic carbocycles. The van der Waals surface area contributed by atoms with Gasteiger partial charge >= 0.3 is 0 Å². The standard InChI is InChI=1S/C22H23ClN2O3S.ClH/c23-21-7-3-1-6-19(21)16-28-22-8-4-2-5-18(22)15-25-14-13-17-9-11-20(12-10-17)29(24,26)27;/h1-12,25H,13-16H2,(H2,24,26,27);1H. The Morgan fingerprint density at radius 2 is 1.53 bits per heavy atom. The number of benzene rings is 3. The van der Waals surface area contributed by atoms with Crippen molar-refractivity contribution in [2.45, 2.75) is 24.5 Å². The van der Waals surface area contributed by atoms with Crippen LogP contribution >= 0.6 is 24.0 Å². The number of nitrogens with two attached hydrogens (primary N) is 1. The zero-order valence-electron chi connectivity index (χ0n) is 16.3. The van der Waals surface area contributed by atoms with Crippen molar-refractivity contribution in [1.82, 2.24) is 5.32 Å². The quantitative estimate of drug-likeness (QED) is 0.460. The summed E-state index contributed by atoms with van der Waals surface area (Å²) in [5.41, 5.74) is 3.04. The Morgan fingerprint density at radius 1 is 0.900 bits per heavy atom. The number of halogens is 2. The largest absolute Gasteiger partial charge is 0.489 e. The molecule has 0 saturated carbocycles. The molecule has 5 nitrogen and oxygen atoms in total. The highest BCUT2D eigenvalue weighted by molar-refractivity contribution is 7.89. The number of hydrogen-bond donors (Lipinski definition) is 2. The van der Waals surface area contributed by atoms with Gasteiger partial charge in [-0.05, 0) is 42.8 Å². The Bertz CT molecular complexity index is 1060. The Labute approximate surface area is 188 Å². The molecule has 0 spiro atoms. The monoisotopic (exact) mass is 466 g/mol. The second kappa shape index (κ2) is 11.3. The first kappa shape index (κ1) is 24.2. The predicted octanol–water partition coefficient (Wildman–Crippen LogP) is 4.32. The Morgan fingerprint density at radius 3 is 2.20 bits per heavy atom. The average Bonchev–Trinajstić information content (AvgIpc) is 2.71. The van der Waals surface area contributed by atoms with Gasteiger partial charge < -0.3 is 10.1 Å². The number of hydrogen-bond acceptors (Lipinski definition) is 4. The molecule has 160 valence electrons. The first-order valence-corrected chi connectivity index (χ1v) is 11.1. The minimum absolute atomic E-state index is 0. The van der Waals surface area contributed by atoms with E-state index < -0.39 is 10.0 Å². The molecule has 0 fully saturated rings. The molecule has 8 heteroatoms. The van der Waals surface area contributed by atoms with Crippen LogP contribution < -0.4 is 15.2 Å². The van der Waals surface area contributed by atoms with Gasteiger partial charge in [0.15, 0.2) is 0 Å². The minimum Gasteiger partial charge on any atom is -0.489 e. The molecule has 30 heavy (non-hydrogen) atoms. The van der Waals surface area contributed by atoms with Crippen molar-refractivity contribution in [3.8, 4) is 5.75 Å². The molecule has 0 atom stereocenters. The third-order valence-electron chi connectivity index (χ3n) is 4.47. The molecule has 0 unspecified atom stereocenters. The smallest absolute Gasteiger partial charge is 0.238 e. The summed E-state index contributed by atoms with van der Waals surface area (Å²) >= 11 is 6.19. The molecule has 3 aromatic rings. The fraction of sp³-hybridized carbons (Fsp3) is 0.182. The summed E-state index contributed by atoms with van der Waals surface area (Å²) in [7, 11) is -3.65. The van der Waals surface area contributed by atoms with Crippen molar-refractivity contribution in [2.75, 3.05) is 6.54 Å². The molecule has 0 radical (unpaired) electrons. The highest BCUT2D eigenvalue weighted by atomic mass is 35.5. The molecule has 0 aliphatic heterocycles. The number of ether oxygens (including phenoxy) is 1. The summed E-state index contributed by atoms with van der Waals surface area (Å²) in [6.45, 7) is 1.81. The third kappa shape index (κ3) is 7.00. The van der Waals surface area contributed by atoms with Crippen LogP contribution in [0.3, 0.4) is 0 Å². The number of sulfonamides is 1. The summed E-state index contributed by atoms with van der Waals surface area (Å²) in [6, 6.07) is 22.1. The normalized spacial score (nSPS) is 11.0. The lowest BCUT2D eigenvalue weighted by molar-refractivity contribution is 0.302. The van der Waals surface area contributed by atoms with Gasteiger partial charge in [-0.1, -0.05) is 60.1 Å². The molecule has 0 amide bonds. The van der Waals surface area contributed by atoms with E-state index in [1.54, 1.807) is 12.1 Å². The van der Waals surface area contributed by atoms with Gasteiger partial charge in [0.1, 0.15) is 12.4 Å². The maximum Gasteiger partial charge on any atom is 0.238 e. The lowest BCUT2D eigenvalue weighted by atomic mass is 10.1. The van der Waals surface area contributed by atoms with Gasteiger partial charge in [-0.15, -0.1) is 12.4 Å². The van der Waals surface area contributed by atoms with Crippen LogP contribution in [-0.2, 0) is 29.6 Å². The summed E-state index contributed by atoms with van der Waals surface area (Å²) in [5.74, 6) is 0.817. The summed E-state index contributed by atoms with van der Waals surface area (Å²) in [5, 5.41) is 9.20. The maximum absolute atomic E-state index is 11.3. The second-order valence-electron chi connectivity index (χ2n) is 6.60. The fourth-order valence-electron chi connectivity index (χ4n) is 2.86. The van der Waals surface area contributed by atoms with Crippen molar-refractivity contribution < 1.29 is 13.2 Å². The van der Waals surface area contributed by atoms with Crippen LogP contribution in [0.5, 0.6) is 5.75 Å². The van der Waals surface area contributed by atoms with Crippen LogP contribution in [0.1, 0.15) is 16.7 Å². The maximum atomic E-state index is 11.3. The number of rotatable bonds is 9.